The van der Waals surface area contributed by atoms with Crippen molar-refractivity contribution in [2.45, 2.75) is 24.7 Å². The van der Waals surface area contributed by atoms with E-state index in [9.17, 15) is 0 Å². The number of benzene rings is 2. The van der Waals surface area contributed by atoms with Crippen molar-refractivity contribution in [2.75, 3.05) is 25.5 Å². The monoisotopic (exact) mass is 305 g/mol. The highest BCUT2D eigenvalue weighted by molar-refractivity contribution is 5.76. The lowest BCUT2D eigenvalue weighted by Crippen LogP contribution is -2.30. The van der Waals surface area contributed by atoms with Gasteiger partial charge in [-0.25, -0.2) is 0 Å². The maximum Gasteiger partial charge on any atom is 0.0501 e. The second kappa shape index (κ2) is 5.41. The number of likely N-dealkylation sites (N-methyl/N-ethyl adjacent to an activating group) is 1. The third kappa shape index (κ3) is 2.61. The standard InChI is InChI=1S/C20H23N3/c1-20(13-22-23(2)14-20)18-8-9-19-16(11-18)10-17(12-21-19)15-6-4-3-5-7-15/h3-9,11,13,17,21H,10,12,14H2,1-2H3. The first-order chi connectivity index (χ1) is 11.1. The predicted molar refractivity (Wildman–Crippen MR) is 96.3 cm³/mol. The summed E-state index contributed by atoms with van der Waals surface area (Å²) in [6.45, 7) is 4.23. The molecule has 0 saturated heterocycles. The van der Waals surface area contributed by atoms with Crippen LogP contribution in [0.3, 0.4) is 0 Å². The van der Waals surface area contributed by atoms with Crippen molar-refractivity contribution in [3.8, 4) is 0 Å². The van der Waals surface area contributed by atoms with E-state index in [4.69, 9.17) is 0 Å². The Kier molecular flexibility index (Phi) is 3.37. The van der Waals surface area contributed by atoms with E-state index >= 15 is 0 Å². The van der Waals surface area contributed by atoms with Crippen LogP contribution in [0.2, 0.25) is 0 Å². The minimum absolute atomic E-state index is 0.0173. The molecule has 23 heavy (non-hydrogen) atoms. The zero-order valence-electron chi connectivity index (χ0n) is 13.8. The molecule has 0 aromatic heterocycles. The molecule has 2 aliphatic rings. The van der Waals surface area contributed by atoms with Gasteiger partial charge in [-0.2, -0.15) is 5.10 Å². The number of fused-ring (bicyclic) bond motifs is 1. The second-order valence-electron chi connectivity index (χ2n) is 7.04. The molecule has 0 saturated carbocycles. The first-order valence-corrected chi connectivity index (χ1v) is 8.32. The van der Waals surface area contributed by atoms with Crippen LogP contribution in [0.4, 0.5) is 5.69 Å². The smallest absolute Gasteiger partial charge is 0.0501 e. The third-order valence-electron chi connectivity index (χ3n) is 5.14. The van der Waals surface area contributed by atoms with Crippen molar-refractivity contribution >= 4 is 11.9 Å². The van der Waals surface area contributed by atoms with Crippen molar-refractivity contribution < 1.29 is 0 Å². The molecular formula is C20H23N3. The van der Waals surface area contributed by atoms with E-state index in [1.54, 1.807) is 0 Å². The molecule has 0 amide bonds. The first kappa shape index (κ1) is 14.3. The Hall–Kier alpha value is -2.29. The fourth-order valence-electron chi connectivity index (χ4n) is 3.77. The van der Waals surface area contributed by atoms with Gasteiger partial charge in [0.1, 0.15) is 0 Å². The number of hydrogen-bond acceptors (Lipinski definition) is 3. The van der Waals surface area contributed by atoms with Crippen molar-refractivity contribution in [2.24, 2.45) is 5.10 Å². The molecule has 2 aromatic carbocycles. The van der Waals surface area contributed by atoms with E-state index < -0.39 is 0 Å². The van der Waals surface area contributed by atoms with E-state index in [2.05, 4.69) is 72.1 Å². The Bertz CT molecular complexity index is 738. The molecular weight excluding hydrogens is 282 g/mol. The summed E-state index contributed by atoms with van der Waals surface area (Å²) in [5.74, 6) is 0.548. The van der Waals surface area contributed by atoms with Crippen molar-refractivity contribution in [1.82, 2.24) is 5.01 Å². The van der Waals surface area contributed by atoms with Crippen LogP contribution in [0.25, 0.3) is 0 Å². The highest BCUT2D eigenvalue weighted by atomic mass is 15.5. The van der Waals surface area contributed by atoms with Crippen LogP contribution < -0.4 is 5.32 Å². The number of nitrogens with one attached hydrogen (secondary N) is 1. The number of hydrazone groups is 1. The summed E-state index contributed by atoms with van der Waals surface area (Å²) >= 11 is 0. The number of anilines is 1. The quantitative estimate of drug-likeness (QED) is 0.917. The molecule has 2 unspecified atom stereocenters. The van der Waals surface area contributed by atoms with Crippen LogP contribution in [0.15, 0.2) is 53.6 Å². The molecule has 0 fully saturated rings. The van der Waals surface area contributed by atoms with Crippen molar-refractivity contribution in [1.29, 1.82) is 0 Å². The Morgan fingerprint density at radius 2 is 2.00 bits per heavy atom. The van der Waals surface area contributed by atoms with E-state index in [-0.39, 0.29) is 5.41 Å². The molecule has 0 bridgehead atoms. The van der Waals surface area contributed by atoms with Crippen molar-refractivity contribution in [3.63, 3.8) is 0 Å². The summed E-state index contributed by atoms with van der Waals surface area (Å²) in [6.07, 6.45) is 3.18. The van der Waals surface area contributed by atoms with Crippen LogP contribution in [-0.2, 0) is 11.8 Å². The topological polar surface area (TPSA) is 27.6 Å². The van der Waals surface area contributed by atoms with E-state index in [0.717, 1.165) is 19.5 Å². The first-order valence-electron chi connectivity index (χ1n) is 8.32. The highest BCUT2D eigenvalue weighted by Crippen LogP contribution is 2.35. The summed E-state index contributed by atoms with van der Waals surface area (Å²) in [4.78, 5) is 0. The zero-order chi connectivity index (χ0) is 15.9. The minimum atomic E-state index is 0.0173. The molecule has 3 heteroatoms. The van der Waals surface area contributed by atoms with Gasteiger partial charge < -0.3 is 5.32 Å². The molecule has 1 N–H and O–H groups in total. The van der Waals surface area contributed by atoms with Gasteiger partial charge in [-0.1, -0.05) is 42.5 Å². The summed E-state index contributed by atoms with van der Waals surface area (Å²) in [7, 11) is 2.03. The van der Waals surface area contributed by atoms with E-state index in [0.29, 0.717) is 5.92 Å². The fourth-order valence-corrected chi connectivity index (χ4v) is 3.77. The molecule has 3 nitrogen and oxygen atoms in total. The molecule has 2 atom stereocenters. The van der Waals surface area contributed by atoms with Gasteiger partial charge in [-0.15, -0.1) is 0 Å². The maximum absolute atomic E-state index is 4.43. The average Bonchev–Trinajstić information content (AvgIpc) is 2.95. The molecule has 0 spiro atoms. The Morgan fingerprint density at radius 3 is 2.74 bits per heavy atom. The van der Waals surface area contributed by atoms with Gasteiger partial charge in [0.25, 0.3) is 0 Å². The largest absolute Gasteiger partial charge is 0.384 e. The molecule has 2 aromatic rings. The summed E-state index contributed by atoms with van der Waals surface area (Å²) < 4.78 is 0. The van der Waals surface area contributed by atoms with Gasteiger partial charge in [0.2, 0.25) is 0 Å². The van der Waals surface area contributed by atoms with E-state index in [1.807, 2.05) is 12.1 Å². The Balaban J connectivity index is 1.63. The van der Waals surface area contributed by atoms with Crippen molar-refractivity contribution in [3.05, 3.63) is 65.2 Å². The molecule has 4 rings (SSSR count). The highest BCUT2D eigenvalue weighted by Gasteiger charge is 2.32. The lowest BCUT2D eigenvalue weighted by molar-refractivity contribution is 0.348. The van der Waals surface area contributed by atoms with Gasteiger partial charge in [0.15, 0.2) is 0 Å². The van der Waals surface area contributed by atoms with Gasteiger partial charge in [-0.05, 0) is 36.1 Å². The van der Waals surface area contributed by atoms with Crippen LogP contribution in [0, 0.1) is 0 Å². The summed E-state index contributed by atoms with van der Waals surface area (Å²) in [6, 6.07) is 17.7. The predicted octanol–water partition coefficient (Wildman–Crippen LogP) is 3.63. The van der Waals surface area contributed by atoms with Crippen LogP contribution >= 0.6 is 0 Å². The fraction of sp³-hybridized carbons (Fsp3) is 0.350. The molecule has 2 aliphatic heterocycles. The summed E-state index contributed by atoms with van der Waals surface area (Å²) in [5.41, 5.74) is 5.51. The molecule has 2 heterocycles. The van der Waals surface area contributed by atoms with Gasteiger partial charge in [0.05, 0.1) is 6.54 Å². The van der Waals surface area contributed by atoms with Gasteiger partial charge in [-0.3, -0.25) is 5.01 Å². The minimum Gasteiger partial charge on any atom is -0.384 e. The average molecular weight is 305 g/mol. The SMILES string of the molecule is CN1CC(C)(c2ccc3c(c2)CC(c2ccccc2)CN3)C=N1. The number of rotatable bonds is 2. The second-order valence-corrected chi connectivity index (χ2v) is 7.04. The van der Waals surface area contributed by atoms with Gasteiger partial charge in [0, 0.05) is 36.8 Å². The number of nitrogens with zero attached hydrogens (tertiary/aromatic N) is 2. The lowest BCUT2D eigenvalue weighted by Gasteiger charge is -2.29. The molecule has 0 radical (unpaired) electrons. The number of hydrogen-bond donors (Lipinski definition) is 1. The Morgan fingerprint density at radius 1 is 1.17 bits per heavy atom. The lowest BCUT2D eigenvalue weighted by atomic mass is 9.81. The van der Waals surface area contributed by atoms with Crippen LogP contribution in [-0.4, -0.2) is 31.4 Å². The molecule has 0 aliphatic carbocycles. The zero-order valence-corrected chi connectivity index (χ0v) is 13.8. The maximum atomic E-state index is 4.43. The van der Waals surface area contributed by atoms with E-state index in [1.165, 1.54) is 22.4 Å². The summed E-state index contributed by atoms with van der Waals surface area (Å²) in [5, 5.41) is 10.1. The van der Waals surface area contributed by atoms with Crippen LogP contribution in [0.1, 0.15) is 29.5 Å². The normalized spacial score (nSPS) is 26.0. The third-order valence-corrected chi connectivity index (χ3v) is 5.14. The molecule has 118 valence electrons. The van der Waals surface area contributed by atoms with Gasteiger partial charge >= 0.3 is 0 Å². The van der Waals surface area contributed by atoms with Crippen LogP contribution in [0.5, 0.6) is 0 Å². The Labute approximate surface area is 138 Å².